The molecule has 0 aliphatic carbocycles. The van der Waals surface area contributed by atoms with Gasteiger partial charge in [0.2, 0.25) is 5.62 Å². The first-order chi connectivity index (χ1) is 15.7. The molecule has 0 spiro atoms. The van der Waals surface area contributed by atoms with Crippen LogP contribution in [-0.4, -0.2) is 21.2 Å². The predicted molar refractivity (Wildman–Crippen MR) is 121 cm³/mol. The van der Waals surface area contributed by atoms with Crippen molar-refractivity contribution in [3.05, 3.63) is 77.4 Å². The van der Waals surface area contributed by atoms with E-state index >= 15 is 0 Å². The van der Waals surface area contributed by atoms with E-state index in [2.05, 4.69) is 16.6 Å². The minimum Gasteiger partial charge on any atom is -0.324 e. The summed E-state index contributed by atoms with van der Waals surface area (Å²) in [6.07, 6.45) is -0.637. The molecule has 2 aromatic carbocycles. The van der Waals surface area contributed by atoms with E-state index in [0.29, 0.717) is 18.5 Å². The zero-order valence-electron chi connectivity index (χ0n) is 18.6. The maximum Gasteiger partial charge on any atom is 0.416 e. The fourth-order valence-electron chi connectivity index (χ4n) is 3.83. The number of halogens is 3. The highest BCUT2D eigenvalue weighted by Crippen LogP contribution is 2.29. The smallest absolute Gasteiger partial charge is 0.324 e. The number of allylic oxidation sites excluding steroid dienone is 1. The summed E-state index contributed by atoms with van der Waals surface area (Å²) in [5, 5.41) is 0. The SMILES string of the molecule is C=CCCn1/c(=N/C(=O)c2cccc(C(F)(F)F)c2)[nH]c2cc(C(CCC)C(C)=O)ccc21. The Morgan fingerprint density at radius 1 is 1.21 bits per heavy atom. The summed E-state index contributed by atoms with van der Waals surface area (Å²) in [7, 11) is 0. The van der Waals surface area contributed by atoms with Crippen molar-refractivity contribution in [3.63, 3.8) is 0 Å². The number of nitrogens with zero attached hydrogens (tertiary/aromatic N) is 2. The number of fused-ring (bicyclic) bond motifs is 1. The van der Waals surface area contributed by atoms with Gasteiger partial charge < -0.3 is 9.55 Å². The van der Waals surface area contributed by atoms with E-state index < -0.39 is 17.6 Å². The van der Waals surface area contributed by atoms with Gasteiger partial charge in [0.25, 0.3) is 5.91 Å². The third kappa shape index (κ3) is 5.50. The molecule has 174 valence electrons. The number of aryl methyl sites for hydroxylation is 1. The van der Waals surface area contributed by atoms with E-state index in [1.165, 1.54) is 12.1 Å². The molecule has 1 unspecified atom stereocenters. The maximum atomic E-state index is 13.0. The van der Waals surface area contributed by atoms with Crippen LogP contribution in [0.3, 0.4) is 0 Å². The number of imidazole rings is 1. The second-order valence-electron chi connectivity index (χ2n) is 7.90. The van der Waals surface area contributed by atoms with Crippen LogP contribution in [0.15, 0.2) is 60.1 Å². The molecular weight excluding hydrogens is 431 g/mol. The number of carbonyl (C=O) groups is 2. The summed E-state index contributed by atoms with van der Waals surface area (Å²) in [5.74, 6) is -0.934. The number of amides is 1. The number of aromatic nitrogens is 2. The maximum absolute atomic E-state index is 13.0. The Kier molecular flexibility index (Phi) is 7.36. The molecule has 3 rings (SSSR count). The molecule has 1 atom stereocenters. The number of aromatic amines is 1. The number of hydrogen-bond donors (Lipinski definition) is 1. The number of rotatable bonds is 8. The normalized spacial score (nSPS) is 13.3. The van der Waals surface area contributed by atoms with E-state index in [1.54, 1.807) is 17.6 Å². The van der Waals surface area contributed by atoms with Gasteiger partial charge in [-0.15, -0.1) is 6.58 Å². The average molecular weight is 457 g/mol. The molecule has 0 fully saturated rings. The Labute approximate surface area is 189 Å². The number of benzene rings is 2. The van der Waals surface area contributed by atoms with Crippen LogP contribution >= 0.6 is 0 Å². The van der Waals surface area contributed by atoms with E-state index in [1.807, 2.05) is 25.1 Å². The van der Waals surface area contributed by atoms with Gasteiger partial charge in [-0.25, -0.2) is 0 Å². The van der Waals surface area contributed by atoms with Crippen molar-refractivity contribution >= 4 is 22.7 Å². The van der Waals surface area contributed by atoms with Gasteiger partial charge in [0, 0.05) is 18.0 Å². The number of Topliss-reactive ketones (excluding diaryl/α,β-unsaturated/α-hetero) is 1. The molecule has 1 amide bonds. The number of hydrogen-bond acceptors (Lipinski definition) is 2. The van der Waals surface area contributed by atoms with Crippen LogP contribution in [0.4, 0.5) is 13.2 Å². The zero-order valence-corrected chi connectivity index (χ0v) is 18.6. The highest BCUT2D eigenvalue weighted by molar-refractivity contribution is 5.95. The molecular formula is C25H26F3N3O2. The minimum atomic E-state index is -4.55. The van der Waals surface area contributed by atoms with Gasteiger partial charge in [-0.3, -0.25) is 9.59 Å². The Hall–Kier alpha value is -3.42. The van der Waals surface area contributed by atoms with E-state index in [0.717, 1.165) is 36.1 Å². The van der Waals surface area contributed by atoms with Gasteiger partial charge >= 0.3 is 6.18 Å². The van der Waals surface area contributed by atoms with Crippen molar-refractivity contribution in [3.8, 4) is 0 Å². The van der Waals surface area contributed by atoms with Crippen LogP contribution in [0.5, 0.6) is 0 Å². The lowest BCUT2D eigenvalue weighted by molar-refractivity contribution is -0.137. The third-order valence-electron chi connectivity index (χ3n) is 5.49. The second kappa shape index (κ2) is 10.0. The number of alkyl halides is 3. The second-order valence-corrected chi connectivity index (χ2v) is 7.90. The zero-order chi connectivity index (χ0) is 24.2. The molecule has 0 bridgehead atoms. The summed E-state index contributed by atoms with van der Waals surface area (Å²) in [6.45, 7) is 7.78. The molecule has 1 heterocycles. The van der Waals surface area contributed by atoms with Gasteiger partial charge in [-0.2, -0.15) is 18.2 Å². The minimum absolute atomic E-state index is 0.0759. The molecule has 1 aromatic heterocycles. The Bertz CT molecular complexity index is 1250. The molecule has 0 aliphatic rings. The molecule has 3 aromatic rings. The van der Waals surface area contributed by atoms with Crippen LogP contribution in [0, 0.1) is 0 Å². The summed E-state index contributed by atoms with van der Waals surface area (Å²) in [5.41, 5.74) is 1.49. The number of H-pyrrole nitrogens is 1. The fourth-order valence-corrected chi connectivity index (χ4v) is 3.83. The van der Waals surface area contributed by atoms with Crippen molar-refractivity contribution < 1.29 is 22.8 Å². The van der Waals surface area contributed by atoms with Gasteiger partial charge in [0.15, 0.2) is 0 Å². The van der Waals surface area contributed by atoms with Crippen molar-refractivity contribution in [1.29, 1.82) is 0 Å². The average Bonchev–Trinajstić information content (AvgIpc) is 3.11. The van der Waals surface area contributed by atoms with Crippen LogP contribution in [0.25, 0.3) is 11.0 Å². The molecule has 5 nitrogen and oxygen atoms in total. The lowest BCUT2D eigenvalue weighted by Crippen LogP contribution is -2.21. The highest BCUT2D eigenvalue weighted by Gasteiger charge is 2.30. The fraction of sp³-hybridized carbons (Fsp3) is 0.320. The van der Waals surface area contributed by atoms with Crippen LogP contribution in [-0.2, 0) is 17.5 Å². The van der Waals surface area contributed by atoms with Gasteiger partial charge in [-0.05, 0) is 55.7 Å². The largest absolute Gasteiger partial charge is 0.416 e. The van der Waals surface area contributed by atoms with E-state index in [9.17, 15) is 22.8 Å². The van der Waals surface area contributed by atoms with E-state index in [-0.39, 0.29) is 22.9 Å². The Morgan fingerprint density at radius 2 is 1.97 bits per heavy atom. The lowest BCUT2D eigenvalue weighted by atomic mass is 9.91. The van der Waals surface area contributed by atoms with Gasteiger partial charge in [-0.1, -0.05) is 31.6 Å². The Morgan fingerprint density at radius 3 is 2.61 bits per heavy atom. The summed E-state index contributed by atoms with van der Waals surface area (Å²) in [4.78, 5) is 32.0. The monoisotopic (exact) mass is 457 g/mol. The summed E-state index contributed by atoms with van der Waals surface area (Å²) < 4.78 is 40.9. The molecule has 0 saturated carbocycles. The predicted octanol–water partition coefficient (Wildman–Crippen LogP) is 5.78. The standard InChI is InChI=1S/C25H26F3N3O2/c1-4-6-13-31-22-12-11-17(20(8-5-2)16(3)32)15-21(22)29-24(31)30-23(33)18-9-7-10-19(14-18)25(26,27)28/h4,7,9-12,14-15,20H,1,5-6,8,13H2,2-3H3,(H,29,30,33). The number of ketones is 1. The molecule has 0 aliphatic heterocycles. The first-order valence-electron chi connectivity index (χ1n) is 10.8. The molecule has 0 saturated heterocycles. The van der Waals surface area contributed by atoms with Crippen LogP contribution < -0.4 is 5.62 Å². The van der Waals surface area contributed by atoms with E-state index in [4.69, 9.17) is 0 Å². The van der Waals surface area contributed by atoms with Crippen LogP contribution in [0.2, 0.25) is 0 Å². The quantitative estimate of drug-likeness (QED) is 0.436. The third-order valence-corrected chi connectivity index (χ3v) is 5.49. The topological polar surface area (TPSA) is 67.2 Å². The van der Waals surface area contributed by atoms with Crippen molar-refractivity contribution in [2.45, 2.75) is 51.7 Å². The van der Waals surface area contributed by atoms with Crippen molar-refractivity contribution in [1.82, 2.24) is 9.55 Å². The molecule has 1 N–H and O–H groups in total. The number of nitrogens with one attached hydrogen (secondary N) is 1. The number of carbonyl (C=O) groups excluding carboxylic acids is 2. The highest BCUT2D eigenvalue weighted by atomic mass is 19.4. The lowest BCUT2D eigenvalue weighted by Gasteiger charge is -2.13. The molecule has 8 heteroatoms. The first kappa shape index (κ1) is 24.2. The summed E-state index contributed by atoms with van der Waals surface area (Å²) >= 11 is 0. The van der Waals surface area contributed by atoms with Gasteiger partial charge in [0.05, 0.1) is 16.6 Å². The molecule has 0 radical (unpaired) electrons. The Balaban J connectivity index is 2.10. The molecule has 33 heavy (non-hydrogen) atoms. The van der Waals surface area contributed by atoms with Crippen molar-refractivity contribution in [2.24, 2.45) is 4.99 Å². The van der Waals surface area contributed by atoms with Crippen molar-refractivity contribution in [2.75, 3.05) is 0 Å². The van der Waals surface area contributed by atoms with Crippen LogP contribution in [0.1, 0.15) is 60.5 Å². The summed E-state index contributed by atoms with van der Waals surface area (Å²) in [6, 6.07) is 9.82. The first-order valence-corrected chi connectivity index (χ1v) is 10.8. The van der Waals surface area contributed by atoms with Gasteiger partial charge in [0.1, 0.15) is 5.78 Å².